The number of fused-ring (bicyclic) bond motifs is 1. The van der Waals surface area contributed by atoms with Crippen LogP contribution in [0.15, 0.2) is 36.4 Å². The van der Waals surface area contributed by atoms with E-state index in [4.69, 9.17) is 14.2 Å². The van der Waals surface area contributed by atoms with E-state index in [0.29, 0.717) is 25.5 Å². The van der Waals surface area contributed by atoms with Crippen LogP contribution in [-0.2, 0) is 11.3 Å². The second-order valence-electron chi connectivity index (χ2n) is 6.83. The van der Waals surface area contributed by atoms with Crippen LogP contribution in [-0.4, -0.2) is 44.7 Å². The predicted molar refractivity (Wildman–Crippen MR) is 103 cm³/mol. The number of ether oxygens (including phenoxy) is 3. The molecule has 3 rings (SSSR count). The van der Waals surface area contributed by atoms with Gasteiger partial charge < -0.3 is 19.5 Å². The zero-order chi connectivity index (χ0) is 20.1. The highest BCUT2D eigenvalue weighted by Gasteiger charge is 2.16. The van der Waals surface area contributed by atoms with E-state index in [2.05, 4.69) is 5.32 Å². The number of carbonyl (C=O) groups is 1. The molecular weight excluding hydrogens is 363 g/mol. The van der Waals surface area contributed by atoms with Crippen molar-refractivity contribution in [1.82, 2.24) is 10.2 Å². The Morgan fingerprint density at radius 2 is 1.96 bits per heavy atom. The Labute approximate surface area is 164 Å². The second-order valence-corrected chi connectivity index (χ2v) is 6.83. The lowest BCUT2D eigenvalue weighted by molar-refractivity contribution is -0.122. The van der Waals surface area contributed by atoms with Crippen LogP contribution in [0.4, 0.5) is 4.39 Å². The molecule has 0 bridgehead atoms. The first-order valence-electron chi connectivity index (χ1n) is 9.16. The third-order valence-corrected chi connectivity index (χ3v) is 4.53. The largest absolute Gasteiger partial charge is 0.494 e. The summed E-state index contributed by atoms with van der Waals surface area (Å²) >= 11 is 0. The molecule has 0 aliphatic carbocycles. The van der Waals surface area contributed by atoms with E-state index < -0.39 is 5.82 Å². The summed E-state index contributed by atoms with van der Waals surface area (Å²) in [5.41, 5.74) is 1.71. The molecule has 1 unspecified atom stereocenters. The van der Waals surface area contributed by atoms with Crippen molar-refractivity contribution < 1.29 is 23.4 Å². The molecule has 1 heterocycles. The van der Waals surface area contributed by atoms with Crippen LogP contribution in [0.5, 0.6) is 17.2 Å². The Balaban J connectivity index is 1.53. The molecule has 0 aromatic heterocycles. The van der Waals surface area contributed by atoms with Crippen molar-refractivity contribution in [2.45, 2.75) is 19.5 Å². The lowest BCUT2D eigenvalue weighted by Gasteiger charge is -2.22. The van der Waals surface area contributed by atoms with E-state index in [-0.39, 0.29) is 24.2 Å². The molecule has 1 atom stereocenters. The van der Waals surface area contributed by atoms with E-state index >= 15 is 0 Å². The Morgan fingerprint density at radius 3 is 2.68 bits per heavy atom. The van der Waals surface area contributed by atoms with Crippen molar-refractivity contribution >= 4 is 5.91 Å². The van der Waals surface area contributed by atoms with E-state index in [1.54, 1.807) is 12.1 Å². The molecule has 1 aliphatic heterocycles. The molecule has 1 aliphatic rings. The normalized spacial score (nSPS) is 13.9. The van der Waals surface area contributed by atoms with Crippen molar-refractivity contribution in [3.8, 4) is 17.2 Å². The Hall–Kier alpha value is -2.80. The first kappa shape index (κ1) is 19.9. The standard InChI is InChI=1S/C21H25FN2O4/c1-14(16-5-7-19-20(11-16)28-9-8-27-19)23-21(25)13-24(2)12-15-4-6-18(26-3)17(22)10-15/h4-7,10-11,14H,8-9,12-13H2,1-3H3,(H,23,25). The first-order chi connectivity index (χ1) is 13.5. The third kappa shape index (κ3) is 4.92. The molecule has 6 nitrogen and oxygen atoms in total. The third-order valence-electron chi connectivity index (χ3n) is 4.53. The summed E-state index contributed by atoms with van der Waals surface area (Å²) < 4.78 is 29.8. The van der Waals surface area contributed by atoms with Crippen molar-refractivity contribution in [3.63, 3.8) is 0 Å². The maximum absolute atomic E-state index is 13.8. The molecular formula is C21H25FN2O4. The highest BCUT2D eigenvalue weighted by atomic mass is 19.1. The van der Waals surface area contributed by atoms with Crippen LogP contribution in [0.2, 0.25) is 0 Å². The molecule has 28 heavy (non-hydrogen) atoms. The van der Waals surface area contributed by atoms with Crippen LogP contribution in [0, 0.1) is 5.82 Å². The zero-order valence-corrected chi connectivity index (χ0v) is 16.3. The summed E-state index contributed by atoms with van der Waals surface area (Å²) in [6, 6.07) is 10.3. The topological polar surface area (TPSA) is 60.0 Å². The van der Waals surface area contributed by atoms with Gasteiger partial charge in [0.2, 0.25) is 5.91 Å². The molecule has 150 valence electrons. The number of benzene rings is 2. The Kier molecular flexibility index (Phi) is 6.36. The quantitative estimate of drug-likeness (QED) is 0.790. The smallest absolute Gasteiger partial charge is 0.234 e. The van der Waals surface area contributed by atoms with Gasteiger partial charge in [0.1, 0.15) is 13.2 Å². The molecule has 0 fully saturated rings. The summed E-state index contributed by atoms with van der Waals surface area (Å²) in [5, 5.41) is 2.98. The van der Waals surface area contributed by atoms with Gasteiger partial charge in [-0.2, -0.15) is 0 Å². The number of likely N-dealkylation sites (N-methyl/N-ethyl adjacent to an activating group) is 1. The van der Waals surface area contributed by atoms with E-state index in [9.17, 15) is 9.18 Å². The fourth-order valence-corrected chi connectivity index (χ4v) is 3.12. The van der Waals surface area contributed by atoms with Crippen LogP contribution < -0.4 is 19.5 Å². The number of carbonyl (C=O) groups excluding carboxylic acids is 1. The van der Waals surface area contributed by atoms with Gasteiger partial charge in [0.15, 0.2) is 23.1 Å². The molecule has 2 aromatic carbocycles. The van der Waals surface area contributed by atoms with Gasteiger partial charge in [-0.05, 0) is 49.4 Å². The molecule has 0 radical (unpaired) electrons. The highest BCUT2D eigenvalue weighted by molar-refractivity contribution is 5.78. The summed E-state index contributed by atoms with van der Waals surface area (Å²) in [7, 11) is 3.24. The summed E-state index contributed by atoms with van der Waals surface area (Å²) in [4.78, 5) is 14.2. The average molecular weight is 388 g/mol. The molecule has 2 aromatic rings. The number of nitrogens with one attached hydrogen (secondary N) is 1. The number of methoxy groups -OCH3 is 1. The van der Waals surface area contributed by atoms with Crippen molar-refractivity contribution in [3.05, 3.63) is 53.3 Å². The first-order valence-corrected chi connectivity index (χ1v) is 9.16. The predicted octanol–water partition coefficient (Wildman–Crippen LogP) is 2.91. The van der Waals surface area contributed by atoms with Crippen molar-refractivity contribution in [2.75, 3.05) is 33.9 Å². The van der Waals surface area contributed by atoms with Crippen LogP contribution in [0.25, 0.3) is 0 Å². The van der Waals surface area contributed by atoms with Gasteiger partial charge in [0, 0.05) is 6.54 Å². The Morgan fingerprint density at radius 1 is 1.21 bits per heavy atom. The number of halogens is 1. The minimum absolute atomic E-state index is 0.112. The van der Waals surface area contributed by atoms with Gasteiger partial charge in [0.05, 0.1) is 19.7 Å². The molecule has 0 spiro atoms. The number of rotatable bonds is 7. The van der Waals surface area contributed by atoms with Gasteiger partial charge >= 0.3 is 0 Å². The summed E-state index contributed by atoms with van der Waals surface area (Å²) in [5.74, 6) is 1.10. The van der Waals surface area contributed by atoms with Gasteiger partial charge in [-0.25, -0.2) is 4.39 Å². The maximum Gasteiger partial charge on any atom is 0.234 e. The molecule has 0 saturated heterocycles. The molecule has 1 N–H and O–H groups in total. The number of amides is 1. The summed E-state index contributed by atoms with van der Waals surface area (Å²) in [6.07, 6.45) is 0. The van der Waals surface area contributed by atoms with E-state index in [0.717, 1.165) is 16.9 Å². The SMILES string of the molecule is COc1ccc(CN(C)CC(=O)NC(C)c2ccc3c(c2)OCCO3)cc1F. The fraction of sp³-hybridized carbons (Fsp3) is 0.381. The Bertz CT molecular complexity index is 843. The molecule has 1 amide bonds. The second kappa shape index (κ2) is 8.93. The fourth-order valence-electron chi connectivity index (χ4n) is 3.12. The summed E-state index contributed by atoms with van der Waals surface area (Å²) in [6.45, 7) is 3.63. The van der Waals surface area contributed by atoms with Crippen molar-refractivity contribution in [2.24, 2.45) is 0 Å². The lowest BCUT2D eigenvalue weighted by Crippen LogP contribution is -2.36. The minimum Gasteiger partial charge on any atom is -0.494 e. The van der Waals surface area contributed by atoms with Crippen LogP contribution >= 0.6 is 0 Å². The number of hydrogen-bond acceptors (Lipinski definition) is 5. The number of nitrogens with zero attached hydrogens (tertiary/aromatic N) is 1. The maximum atomic E-state index is 13.8. The van der Waals surface area contributed by atoms with Gasteiger partial charge in [0.25, 0.3) is 0 Å². The van der Waals surface area contributed by atoms with Gasteiger partial charge in [-0.3, -0.25) is 9.69 Å². The number of hydrogen-bond donors (Lipinski definition) is 1. The van der Waals surface area contributed by atoms with E-state index in [1.807, 2.05) is 37.1 Å². The zero-order valence-electron chi connectivity index (χ0n) is 16.3. The van der Waals surface area contributed by atoms with Crippen LogP contribution in [0.3, 0.4) is 0 Å². The highest BCUT2D eigenvalue weighted by Crippen LogP contribution is 2.32. The van der Waals surface area contributed by atoms with Gasteiger partial charge in [-0.1, -0.05) is 12.1 Å². The minimum atomic E-state index is -0.412. The van der Waals surface area contributed by atoms with Crippen molar-refractivity contribution in [1.29, 1.82) is 0 Å². The average Bonchev–Trinajstić information content (AvgIpc) is 2.67. The molecule has 7 heteroatoms. The van der Waals surface area contributed by atoms with E-state index in [1.165, 1.54) is 13.2 Å². The van der Waals surface area contributed by atoms with Crippen LogP contribution in [0.1, 0.15) is 24.1 Å². The lowest BCUT2D eigenvalue weighted by atomic mass is 10.1. The molecule has 0 saturated carbocycles. The monoisotopic (exact) mass is 388 g/mol. The van der Waals surface area contributed by atoms with Gasteiger partial charge in [-0.15, -0.1) is 0 Å².